The summed E-state index contributed by atoms with van der Waals surface area (Å²) in [6.07, 6.45) is 3.77. The van der Waals surface area contributed by atoms with Gasteiger partial charge in [0.2, 0.25) is 5.91 Å². The summed E-state index contributed by atoms with van der Waals surface area (Å²) < 4.78 is 1.52. The van der Waals surface area contributed by atoms with Gasteiger partial charge in [0, 0.05) is 12.6 Å². The quantitative estimate of drug-likeness (QED) is 0.808. The molecular weight excluding hydrogens is 266 g/mol. The van der Waals surface area contributed by atoms with E-state index in [1.807, 2.05) is 32.3 Å². The number of nitrogens with zero attached hydrogens (tertiary/aromatic N) is 4. The van der Waals surface area contributed by atoms with E-state index < -0.39 is 0 Å². The first-order valence-electron chi connectivity index (χ1n) is 6.94. The highest BCUT2D eigenvalue weighted by atomic mass is 16.2. The van der Waals surface area contributed by atoms with Crippen LogP contribution in [0.3, 0.4) is 0 Å². The van der Waals surface area contributed by atoms with Crippen LogP contribution in [0.1, 0.15) is 5.56 Å². The number of aromatic nitrogens is 3. The predicted molar refractivity (Wildman–Crippen MR) is 80.7 cm³/mol. The average Bonchev–Trinajstić information content (AvgIpc) is 2.91. The number of likely N-dealkylation sites (N-methyl/N-ethyl adjacent to an activating group) is 1. The van der Waals surface area contributed by atoms with Crippen molar-refractivity contribution in [3.63, 3.8) is 0 Å². The van der Waals surface area contributed by atoms with Gasteiger partial charge in [0.15, 0.2) is 0 Å². The Balaban J connectivity index is 1.94. The summed E-state index contributed by atoms with van der Waals surface area (Å²) in [4.78, 5) is 18.0. The van der Waals surface area contributed by atoms with E-state index in [1.54, 1.807) is 0 Å². The number of hydrogen-bond acceptors (Lipinski definition) is 4. The van der Waals surface area contributed by atoms with Gasteiger partial charge in [-0.15, -0.1) is 0 Å². The third kappa shape index (κ3) is 5.35. The molecule has 0 spiro atoms. The highest BCUT2D eigenvalue weighted by molar-refractivity contribution is 5.76. The summed E-state index contributed by atoms with van der Waals surface area (Å²) in [5, 5.41) is 7.01. The Bertz CT molecular complexity index is 538. The molecule has 0 saturated heterocycles. The number of amides is 1. The van der Waals surface area contributed by atoms with Crippen LogP contribution in [0.25, 0.3) is 0 Å². The maximum Gasteiger partial charge on any atom is 0.242 e. The van der Waals surface area contributed by atoms with Crippen molar-refractivity contribution < 1.29 is 4.79 Å². The van der Waals surface area contributed by atoms with Gasteiger partial charge < -0.3 is 10.2 Å². The van der Waals surface area contributed by atoms with E-state index in [0.717, 1.165) is 13.0 Å². The Morgan fingerprint density at radius 3 is 2.71 bits per heavy atom. The van der Waals surface area contributed by atoms with E-state index in [4.69, 9.17) is 0 Å². The van der Waals surface area contributed by atoms with Crippen LogP contribution < -0.4 is 5.32 Å². The molecule has 1 heterocycles. The van der Waals surface area contributed by atoms with E-state index in [-0.39, 0.29) is 18.5 Å². The second kappa shape index (κ2) is 7.54. The maximum absolute atomic E-state index is 12.1. The van der Waals surface area contributed by atoms with Gasteiger partial charge in [-0.1, -0.05) is 30.3 Å². The third-order valence-electron chi connectivity index (χ3n) is 3.05. The molecule has 0 radical (unpaired) electrons. The van der Waals surface area contributed by atoms with Crippen molar-refractivity contribution in [1.82, 2.24) is 25.0 Å². The van der Waals surface area contributed by atoms with E-state index >= 15 is 0 Å². The second-order valence-corrected chi connectivity index (χ2v) is 5.31. The summed E-state index contributed by atoms with van der Waals surface area (Å²) in [5.41, 5.74) is 1.21. The molecule has 1 atom stereocenters. The molecule has 2 rings (SSSR count). The van der Waals surface area contributed by atoms with Gasteiger partial charge in [-0.3, -0.25) is 4.79 Å². The number of rotatable bonds is 7. The summed E-state index contributed by atoms with van der Waals surface area (Å²) >= 11 is 0. The Morgan fingerprint density at radius 2 is 2.10 bits per heavy atom. The van der Waals surface area contributed by atoms with Crippen LogP contribution in [0.4, 0.5) is 0 Å². The standard InChI is InChI=1S/C15H21N5O/c1-19(2)9-14(8-13-6-4-3-5-7-13)18-15(21)10-20-12-16-11-17-20/h3-7,11-12,14H,8-10H2,1-2H3,(H,18,21)/t14-/m0/s1. The largest absolute Gasteiger partial charge is 0.350 e. The Hall–Kier alpha value is -2.21. The monoisotopic (exact) mass is 287 g/mol. The molecule has 21 heavy (non-hydrogen) atoms. The van der Waals surface area contributed by atoms with E-state index in [1.165, 1.54) is 22.9 Å². The highest BCUT2D eigenvalue weighted by Gasteiger charge is 2.14. The number of carbonyl (C=O) groups is 1. The first-order chi connectivity index (χ1) is 10.1. The molecule has 1 amide bonds. The summed E-state index contributed by atoms with van der Waals surface area (Å²) in [6.45, 7) is 0.983. The molecule has 112 valence electrons. The first-order valence-corrected chi connectivity index (χ1v) is 6.94. The van der Waals surface area contributed by atoms with E-state index in [0.29, 0.717) is 0 Å². The minimum atomic E-state index is -0.0525. The summed E-state index contributed by atoms with van der Waals surface area (Å²) in [5.74, 6) is -0.0525. The lowest BCUT2D eigenvalue weighted by Crippen LogP contribution is -2.44. The maximum atomic E-state index is 12.1. The normalized spacial score (nSPS) is 12.3. The van der Waals surface area contributed by atoms with Gasteiger partial charge in [0.1, 0.15) is 19.2 Å². The molecule has 6 heteroatoms. The molecule has 0 aliphatic carbocycles. The topological polar surface area (TPSA) is 63.1 Å². The Labute approximate surface area is 124 Å². The lowest BCUT2D eigenvalue weighted by molar-refractivity contribution is -0.122. The van der Waals surface area contributed by atoms with E-state index in [9.17, 15) is 4.79 Å². The SMILES string of the molecule is CN(C)C[C@H](Cc1ccccc1)NC(=O)Cn1cncn1. The molecule has 0 fully saturated rings. The van der Waals surface area contributed by atoms with Gasteiger partial charge in [-0.05, 0) is 26.1 Å². The molecule has 6 nitrogen and oxygen atoms in total. The zero-order chi connectivity index (χ0) is 15.1. The van der Waals surface area contributed by atoms with Gasteiger partial charge in [0.05, 0.1) is 0 Å². The molecule has 0 aliphatic heterocycles. The second-order valence-electron chi connectivity index (χ2n) is 5.31. The first kappa shape index (κ1) is 15.2. The van der Waals surface area contributed by atoms with Crippen LogP contribution in [-0.4, -0.2) is 52.3 Å². The van der Waals surface area contributed by atoms with Gasteiger partial charge in [-0.2, -0.15) is 5.10 Å². The summed E-state index contributed by atoms with van der Waals surface area (Å²) in [6, 6.07) is 10.2. The molecule has 0 saturated carbocycles. The van der Waals surface area contributed by atoms with Crippen molar-refractivity contribution in [2.75, 3.05) is 20.6 Å². The van der Waals surface area contributed by atoms with Crippen LogP contribution in [0.2, 0.25) is 0 Å². The van der Waals surface area contributed by atoms with Gasteiger partial charge >= 0.3 is 0 Å². The van der Waals surface area contributed by atoms with Crippen molar-refractivity contribution in [2.45, 2.75) is 19.0 Å². The van der Waals surface area contributed by atoms with Crippen LogP contribution in [0.15, 0.2) is 43.0 Å². The molecule has 1 N–H and O–H groups in total. The van der Waals surface area contributed by atoms with Crippen molar-refractivity contribution in [1.29, 1.82) is 0 Å². The molecule has 0 bridgehead atoms. The fraction of sp³-hybridized carbons (Fsp3) is 0.400. The van der Waals surface area contributed by atoms with Crippen LogP contribution in [0, 0.1) is 0 Å². The molecule has 1 aromatic carbocycles. The fourth-order valence-corrected chi connectivity index (χ4v) is 2.24. The molecule has 2 aromatic rings. The van der Waals surface area contributed by atoms with Crippen molar-refractivity contribution in [3.8, 4) is 0 Å². The Kier molecular flexibility index (Phi) is 5.45. The molecular formula is C15H21N5O. The third-order valence-corrected chi connectivity index (χ3v) is 3.05. The van der Waals surface area contributed by atoms with Gasteiger partial charge in [0.25, 0.3) is 0 Å². The fourth-order valence-electron chi connectivity index (χ4n) is 2.24. The van der Waals surface area contributed by atoms with Crippen LogP contribution >= 0.6 is 0 Å². The molecule has 1 aromatic heterocycles. The van der Waals surface area contributed by atoms with Crippen molar-refractivity contribution in [2.24, 2.45) is 0 Å². The number of hydrogen-bond donors (Lipinski definition) is 1. The molecule has 0 unspecified atom stereocenters. The Morgan fingerprint density at radius 1 is 1.33 bits per heavy atom. The zero-order valence-electron chi connectivity index (χ0n) is 12.4. The smallest absolute Gasteiger partial charge is 0.242 e. The minimum Gasteiger partial charge on any atom is -0.350 e. The minimum absolute atomic E-state index is 0.0525. The van der Waals surface area contributed by atoms with Crippen molar-refractivity contribution >= 4 is 5.91 Å². The number of carbonyl (C=O) groups excluding carboxylic acids is 1. The van der Waals surface area contributed by atoms with Crippen LogP contribution in [-0.2, 0) is 17.8 Å². The number of nitrogens with one attached hydrogen (secondary N) is 1. The number of benzene rings is 1. The van der Waals surface area contributed by atoms with Gasteiger partial charge in [-0.25, -0.2) is 9.67 Å². The lowest BCUT2D eigenvalue weighted by Gasteiger charge is -2.22. The zero-order valence-corrected chi connectivity index (χ0v) is 12.4. The lowest BCUT2D eigenvalue weighted by atomic mass is 10.1. The van der Waals surface area contributed by atoms with Crippen LogP contribution in [0.5, 0.6) is 0 Å². The highest BCUT2D eigenvalue weighted by Crippen LogP contribution is 2.04. The molecule has 0 aliphatic rings. The summed E-state index contributed by atoms with van der Waals surface area (Å²) in [7, 11) is 4.00. The van der Waals surface area contributed by atoms with Crippen molar-refractivity contribution in [3.05, 3.63) is 48.5 Å². The average molecular weight is 287 g/mol. The predicted octanol–water partition coefficient (Wildman–Crippen LogP) is 0.567. The van der Waals surface area contributed by atoms with E-state index in [2.05, 4.69) is 32.4 Å².